The molecule has 1 atom stereocenters. The summed E-state index contributed by atoms with van der Waals surface area (Å²) in [7, 11) is -2.69. The fraction of sp³-hybridized carbons (Fsp3) is 0.333. The van der Waals surface area contributed by atoms with Gasteiger partial charge in [0.2, 0.25) is 0 Å². The van der Waals surface area contributed by atoms with Gasteiger partial charge in [-0.3, -0.25) is 9.79 Å². The average Bonchev–Trinajstić information content (AvgIpc) is 2.67. The monoisotopic (exact) mass is 285 g/mol. The Morgan fingerprint density at radius 1 is 1.42 bits per heavy atom. The Kier molecular flexibility index (Phi) is 3.96. The van der Waals surface area contributed by atoms with Crippen LogP contribution in [0.2, 0.25) is 0 Å². The van der Waals surface area contributed by atoms with E-state index in [-0.39, 0.29) is 5.95 Å². The van der Waals surface area contributed by atoms with Crippen LogP contribution in [0.3, 0.4) is 0 Å². The molecule has 0 fully saturated rings. The standard InChI is InChI=1S/C12H16NO5P/c1-8(13-2)5-9-3-4-11-10(6-9)7-12(17-11)18-19(14,15)16/h3-4,6-8,13H,5H2,1-2H3,(H2,14,15,16)/t8-/m0/s1. The number of phosphoric acid groups is 1. The van der Waals surface area contributed by atoms with Crippen molar-refractivity contribution in [1.29, 1.82) is 0 Å². The van der Waals surface area contributed by atoms with Gasteiger partial charge in [0, 0.05) is 17.5 Å². The van der Waals surface area contributed by atoms with E-state index in [1.165, 1.54) is 6.07 Å². The highest BCUT2D eigenvalue weighted by molar-refractivity contribution is 7.46. The molecule has 3 N–H and O–H groups in total. The van der Waals surface area contributed by atoms with Crippen LogP contribution in [0.15, 0.2) is 28.7 Å². The highest BCUT2D eigenvalue weighted by Gasteiger charge is 2.19. The fourth-order valence-electron chi connectivity index (χ4n) is 1.81. The molecule has 19 heavy (non-hydrogen) atoms. The van der Waals surface area contributed by atoms with Gasteiger partial charge in [0.15, 0.2) is 0 Å². The van der Waals surface area contributed by atoms with Gasteiger partial charge in [-0.15, -0.1) is 0 Å². The maximum Gasteiger partial charge on any atom is 0.527 e. The zero-order valence-electron chi connectivity index (χ0n) is 10.7. The molecule has 1 aromatic carbocycles. The van der Waals surface area contributed by atoms with Gasteiger partial charge in [0.1, 0.15) is 5.58 Å². The highest BCUT2D eigenvalue weighted by atomic mass is 31.2. The zero-order chi connectivity index (χ0) is 14.0. The van der Waals surface area contributed by atoms with Crippen molar-refractivity contribution in [3.63, 3.8) is 0 Å². The summed E-state index contributed by atoms with van der Waals surface area (Å²) < 4.78 is 20.3. The zero-order valence-corrected chi connectivity index (χ0v) is 11.6. The Labute approximate surface area is 110 Å². The predicted octanol–water partition coefficient (Wildman–Crippen LogP) is 2.05. The van der Waals surface area contributed by atoms with E-state index in [2.05, 4.69) is 16.8 Å². The molecule has 0 aliphatic heterocycles. The van der Waals surface area contributed by atoms with Gasteiger partial charge in [0.05, 0.1) is 0 Å². The van der Waals surface area contributed by atoms with Gasteiger partial charge in [0.25, 0.3) is 5.95 Å². The molecular weight excluding hydrogens is 269 g/mol. The minimum Gasteiger partial charge on any atom is -0.425 e. The Hall–Kier alpha value is -1.33. The second-order valence-electron chi connectivity index (χ2n) is 4.41. The van der Waals surface area contributed by atoms with E-state index in [4.69, 9.17) is 14.2 Å². The van der Waals surface area contributed by atoms with E-state index >= 15 is 0 Å². The number of benzene rings is 1. The maximum absolute atomic E-state index is 10.7. The molecule has 7 heteroatoms. The number of likely N-dealkylation sites (N-methyl/N-ethyl adjacent to an activating group) is 1. The van der Waals surface area contributed by atoms with E-state index in [0.29, 0.717) is 11.6 Å². The smallest absolute Gasteiger partial charge is 0.425 e. The van der Waals surface area contributed by atoms with Gasteiger partial charge in [-0.25, -0.2) is 4.57 Å². The summed E-state index contributed by atoms with van der Waals surface area (Å²) in [6.45, 7) is 2.07. The highest BCUT2D eigenvalue weighted by Crippen LogP contribution is 2.39. The Balaban J connectivity index is 2.26. The molecule has 0 radical (unpaired) electrons. The van der Waals surface area contributed by atoms with Crippen LogP contribution in [-0.2, 0) is 11.0 Å². The molecule has 0 aliphatic carbocycles. The summed E-state index contributed by atoms with van der Waals surface area (Å²) in [4.78, 5) is 17.4. The van der Waals surface area contributed by atoms with Gasteiger partial charge in [-0.1, -0.05) is 6.07 Å². The third-order valence-electron chi connectivity index (χ3n) is 2.80. The summed E-state index contributed by atoms with van der Waals surface area (Å²) in [6.07, 6.45) is 0.853. The topological polar surface area (TPSA) is 91.9 Å². The van der Waals surface area contributed by atoms with Crippen LogP contribution in [0.1, 0.15) is 12.5 Å². The van der Waals surface area contributed by atoms with Crippen LogP contribution in [-0.4, -0.2) is 22.9 Å². The van der Waals surface area contributed by atoms with Crippen LogP contribution in [0.25, 0.3) is 11.0 Å². The summed E-state index contributed by atoms with van der Waals surface area (Å²) >= 11 is 0. The molecule has 0 aliphatic rings. The average molecular weight is 285 g/mol. The van der Waals surface area contributed by atoms with Crippen molar-refractivity contribution >= 4 is 18.8 Å². The van der Waals surface area contributed by atoms with Crippen molar-refractivity contribution in [2.75, 3.05) is 7.05 Å². The maximum atomic E-state index is 10.7. The first-order chi connectivity index (χ1) is 8.87. The molecule has 104 valence electrons. The van der Waals surface area contributed by atoms with Gasteiger partial charge in [-0.05, 0) is 38.1 Å². The second-order valence-corrected chi connectivity index (χ2v) is 5.58. The first-order valence-corrected chi connectivity index (χ1v) is 7.35. The molecule has 2 aromatic rings. The number of nitrogens with one attached hydrogen (secondary N) is 1. The third kappa shape index (κ3) is 3.81. The van der Waals surface area contributed by atoms with Gasteiger partial charge in [-0.2, -0.15) is 0 Å². The second kappa shape index (κ2) is 5.35. The van der Waals surface area contributed by atoms with Crippen molar-refractivity contribution in [2.24, 2.45) is 0 Å². The SMILES string of the molecule is CN[C@@H](C)Cc1ccc2oc(OP(=O)(O)O)cc2c1. The molecular formula is C12H16NO5P. The molecule has 0 saturated carbocycles. The molecule has 0 unspecified atom stereocenters. The minimum atomic E-state index is -4.59. The first kappa shape index (κ1) is 14.1. The van der Waals surface area contributed by atoms with Crippen molar-refractivity contribution in [1.82, 2.24) is 5.32 Å². The number of furan rings is 1. The summed E-state index contributed by atoms with van der Waals surface area (Å²) in [6, 6.07) is 7.41. The van der Waals surface area contributed by atoms with E-state index < -0.39 is 7.82 Å². The molecule has 0 saturated heterocycles. The Bertz CT molecular complexity index is 618. The quantitative estimate of drug-likeness (QED) is 0.728. The summed E-state index contributed by atoms with van der Waals surface area (Å²) in [5.74, 6) is -0.179. The Morgan fingerprint density at radius 3 is 2.79 bits per heavy atom. The van der Waals surface area contributed by atoms with E-state index in [0.717, 1.165) is 17.4 Å². The van der Waals surface area contributed by atoms with Crippen molar-refractivity contribution in [2.45, 2.75) is 19.4 Å². The lowest BCUT2D eigenvalue weighted by Crippen LogP contribution is -2.23. The van der Waals surface area contributed by atoms with Crippen LogP contribution >= 0.6 is 7.82 Å². The molecule has 0 bridgehead atoms. The van der Waals surface area contributed by atoms with Crippen LogP contribution < -0.4 is 9.84 Å². The summed E-state index contributed by atoms with van der Waals surface area (Å²) in [5, 5.41) is 3.90. The lowest BCUT2D eigenvalue weighted by molar-refractivity contribution is 0.258. The van der Waals surface area contributed by atoms with Crippen molar-refractivity contribution < 1.29 is 23.3 Å². The third-order valence-corrected chi connectivity index (χ3v) is 3.22. The van der Waals surface area contributed by atoms with E-state index in [9.17, 15) is 4.57 Å². The summed E-state index contributed by atoms with van der Waals surface area (Å²) in [5.41, 5.74) is 1.64. The normalized spacial score (nSPS) is 13.7. The lowest BCUT2D eigenvalue weighted by atomic mass is 10.1. The molecule has 0 spiro atoms. The predicted molar refractivity (Wildman–Crippen MR) is 71.1 cm³/mol. The van der Waals surface area contributed by atoms with Crippen LogP contribution in [0.4, 0.5) is 0 Å². The number of fused-ring (bicyclic) bond motifs is 1. The van der Waals surface area contributed by atoms with Gasteiger partial charge < -0.3 is 14.3 Å². The number of phosphoric ester groups is 1. The van der Waals surface area contributed by atoms with E-state index in [1.54, 1.807) is 6.07 Å². The minimum absolute atomic E-state index is 0.179. The van der Waals surface area contributed by atoms with Crippen molar-refractivity contribution in [3.8, 4) is 5.95 Å². The van der Waals surface area contributed by atoms with Crippen LogP contribution in [0, 0.1) is 0 Å². The molecule has 6 nitrogen and oxygen atoms in total. The largest absolute Gasteiger partial charge is 0.527 e. The van der Waals surface area contributed by atoms with Crippen molar-refractivity contribution in [3.05, 3.63) is 29.8 Å². The molecule has 1 aromatic heterocycles. The van der Waals surface area contributed by atoms with Crippen LogP contribution in [0.5, 0.6) is 5.95 Å². The number of hydrogen-bond donors (Lipinski definition) is 3. The number of rotatable bonds is 5. The molecule has 2 rings (SSSR count). The molecule has 0 amide bonds. The number of hydrogen-bond acceptors (Lipinski definition) is 4. The van der Waals surface area contributed by atoms with E-state index in [1.807, 2.05) is 19.2 Å². The Morgan fingerprint density at radius 2 is 2.16 bits per heavy atom. The van der Waals surface area contributed by atoms with Gasteiger partial charge >= 0.3 is 7.82 Å². The fourth-order valence-corrected chi connectivity index (χ4v) is 2.14. The first-order valence-electron chi connectivity index (χ1n) is 5.82. The molecule has 1 heterocycles. The lowest BCUT2D eigenvalue weighted by Gasteiger charge is -2.09.